The fourth-order valence-electron chi connectivity index (χ4n) is 6.89. The van der Waals surface area contributed by atoms with E-state index in [0.717, 1.165) is 0 Å². The predicted molar refractivity (Wildman–Crippen MR) is 212 cm³/mol. The van der Waals surface area contributed by atoms with Gasteiger partial charge in [-0.2, -0.15) is 0 Å². The first-order chi connectivity index (χ1) is 26.8. The van der Waals surface area contributed by atoms with E-state index in [1.54, 1.807) is 92.6 Å². The van der Waals surface area contributed by atoms with Crippen LogP contribution in [0.25, 0.3) is 0 Å². The Morgan fingerprint density at radius 3 is 1.84 bits per heavy atom. The maximum atomic E-state index is 14.5. The van der Waals surface area contributed by atoms with Crippen molar-refractivity contribution in [3.63, 3.8) is 0 Å². The first-order valence-electron chi connectivity index (χ1n) is 20.1. The summed E-state index contributed by atoms with van der Waals surface area (Å²) in [5, 5.41) is 16.4. The molecule has 0 bridgehead atoms. The number of benzene rings is 1. The van der Waals surface area contributed by atoms with Crippen LogP contribution in [0, 0.1) is 23.7 Å². The minimum atomic E-state index is -1.58. The van der Waals surface area contributed by atoms with Gasteiger partial charge in [-0.3, -0.25) is 33.6 Å². The Balaban J connectivity index is 2.17. The molecule has 1 aromatic carbocycles. The van der Waals surface area contributed by atoms with E-state index < -0.39 is 119 Å². The number of carbonyl (C=O) groups is 8. The first kappa shape index (κ1) is 46.4. The Bertz CT molecular complexity index is 1620. The molecular formula is C41H63N7O9. The molecule has 16 heteroatoms. The van der Waals surface area contributed by atoms with E-state index in [1.807, 2.05) is 0 Å². The number of cyclic esters (lactones) is 1. The van der Waals surface area contributed by atoms with Crippen LogP contribution < -0.4 is 31.9 Å². The summed E-state index contributed by atoms with van der Waals surface area (Å²) in [6.45, 7) is 17.0. The van der Waals surface area contributed by atoms with Gasteiger partial charge < -0.3 is 41.5 Å². The van der Waals surface area contributed by atoms with Crippen molar-refractivity contribution in [1.82, 2.24) is 36.8 Å². The third kappa shape index (κ3) is 12.5. The van der Waals surface area contributed by atoms with Crippen LogP contribution in [0.2, 0.25) is 0 Å². The second-order valence-corrected chi connectivity index (χ2v) is 16.4. The Morgan fingerprint density at radius 1 is 0.772 bits per heavy atom. The second kappa shape index (κ2) is 20.9. The molecule has 0 spiro atoms. The molecule has 2 saturated heterocycles. The zero-order valence-corrected chi connectivity index (χ0v) is 35.0. The maximum absolute atomic E-state index is 14.5. The van der Waals surface area contributed by atoms with E-state index in [9.17, 15) is 38.4 Å². The molecule has 6 N–H and O–H groups in total. The van der Waals surface area contributed by atoms with Crippen molar-refractivity contribution in [2.24, 2.45) is 23.7 Å². The number of nitrogens with one attached hydrogen (secondary N) is 6. The summed E-state index contributed by atoms with van der Waals surface area (Å²) in [4.78, 5) is 112. The summed E-state index contributed by atoms with van der Waals surface area (Å²) in [6, 6.07) is 0.661. The number of amides is 7. The molecule has 1 aromatic rings. The number of carbonyl (C=O) groups excluding carboxylic acids is 8. The third-order valence-corrected chi connectivity index (χ3v) is 10.4. The Kier molecular flexibility index (Phi) is 17.0. The highest BCUT2D eigenvalue weighted by Gasteiger charge is 2.43. The smallest absolute Gasteiger partial charge is 0.329 e. The molecule has 0 aromatic heterocycles. The number of ether oxygens (including phenoxy) is 1. The number of esters is 1. The van der Waals surface area contributed by atoms with Gasteiger partial charge in [0.1, 0.15) is 48.4 Å². The number of hydrogen-bond donors (Lipinski definition) is 6. The Morgan fingerprint density at radius 2 is 1.32 bits per heavy atom. The van der Waals surface area contributed by atoms with E-state index in [-0.39, 0.29) is 19.4 Å². The highest BCUT2D eigenvalue weighted by molar-refractivity contribution is 5.98. The molecule has 0 radical (unpaired) electrons. The topological polar surface area (TPSA) is 221 Å². The summed E-state index contributed by atoms with van der Waals surface area (Å²) >= 11 is 0. The van der Waals surface area contributed by atoms with Gasteiger partial charge in [-0.25, -0.2) is 4.79 Å². The quantitative estimate of drug-likeness (QED) is 0.187. The van der Waals surface area contributed by atoms with Gasteiger partial charge in [0.2, 0.25) is 41.4 Å². The molecule has 0 saturated carbocycles. The van der Waals surface area contributed by atoms with Crippen LogP contribution in [-0.2, 0) is 49.5 Å². The minimum Gasteiger partial charge on any atom is -0.458 e. The van der Waals surface area contributed by atoms with Crippen LogP contribution in [0.1, 0.15) is 94.1 Å². The normalized spacial score (nSPS) is 26.4. The lowest BCUT2D eigenvalue weighted by Crippen LogP contribution is -2.62. The highest BCUT2D eigenvalue weighted by Crippen LogP contribution is 2.21. The van der Waals surface area contributed by atoms with Gasteiger partial charge in [-0.05, 0) is 49.0 Å². The Labute approximate surface area is 336 Å². The van der Waals surface area contributed by atoms with Gasteiger partial charge in [0.25, 0.3) is 0 Å². The van der Waals surface area contributed by atoms with Gasteiger partial charge in [0.05, 0.1) is 0 Å². The molecule has 2 aliphatic heterocycles. The van der Waals surface area contributed by atoms with Gasteiger partial charge >= 0.3 is 5.97 Å². The fourth-order valence-corrected chi connectivity index (χ4v) is 6.89. The monoisotopic (exact) mass is 797 g/mol. The minimum absolute atomic E-state index is 0.0152. The summed E-state index contributed by atoms with van der Waals surface area (Å²) in [5.41, 5.74) is 0.698. The van der Waals surface area contributed by atoms with Crippen molar-refractivity contribution < 1.29 is 43.1 Å². The summed E-state index contributed by atoms with van der Waals surface area (Å²) < 4.78 is 5.84. The zero-order chi connectivity index (χ0) is 42.7. The van der Waals surface area contributed by atoms with Crippen molar-refractivity contribution in [3.8, 4) is 0 Å². The van der Waals surface area contributed by atoms with Gasteiger partial charge in [0.15, 0.2) is 0 Å². The number of rotatable bonds is 10. The van der Waals surface area contributed by atoms with Gasteiger partial charge in [-0.1, -0.05) is 92.6 Å². The number of hydrogen-bond acceptors (Lipinski definition) is 9. The van der Waals surface area contributed by atoms with Crippen LogP contribution in [0.5, 0.6) is 0 Å². The summed E-state index contributed by atoms with van der Waals surface area (Å²) in [6.07, 6.45) is -0.458. The largest absolute Gasteiger partial charge is 0.458 e. The van der Waals surface area contributed by atoms with Crippen molar-refractivity contribution in [3.05, 3.63) is 35.9 Å². The molecule has 7 amide bonds. The molecular weight excluding hydrogens is 734 g/mol. The molecule has 2 aliphatic rings. The molecule has 2 heterocycles. The van der Waals surface area contributed by atoms with Gasteiger partial charge in [0, 0.05) is 19.4 Å². The average Bonchev–Trinajstić information content (AvgIpc) is 3.64. The molecule has 8 atom stereocenters. The van der Waals surface area contributed by atoms with Crippen molar-refractivity contribution in [2.45, 2.75) is 143 Å². The maximum Gasteiger partial charge on any atom is 0.329 e. The standard InChI is InChI=1S/C41H63N7O9/c1-11-29(49)43-30(21(2)3)36(51)47-34-25(10)57-41(56)33(24(8)9)46-38(53)32(23(6)7)45-37(52)31(22(4)5)44-35(50)28-18-15-19-48(28)40(55)27(42-39(34)54)20-26-16-13-12-14-17-26/h12-14,16-17,21-25,27-28,30-34H,11,15,18-20H2,1-10H3,(H,42,54)(H,43,49)(H,44,50)(H,45,52)(H,46,53)(H,47,51)/t25-,27-,28+,30+,31+,32+,33+,34+/m1/s1. The molecule has 16 nitrogen and oxygen atoms in total. The van der Waals surface area contributed by atoms with E-state index in [1.165, 1.54) is 11.8 Å². The zero-order valence-electron chi connectivity index (χ0n) is 35.0. The lowest BCUT2D eigenvalue weighted by molar-refractivity contribution is -0.157. The van der Waals surface area contributed by atoms with Crippen molar-refractivity contribution in [1.29, 1.82) is 0 Å². The summed E-state index contributed by atoms with van der Waals surface area (Å²) in [5.74, 6) is -7.06. The van der Waals surface area contributed by atoms with E-state index >= 15 is 0 Å². The van der Waals surface area contributed by atoms with Crippen molar-refractivity contribution >= 4 is 47.3 Å². The molecule has 57 heavy (non-hydrogen) atoms. The first-order valence-corrected chi connectivity index (χ1v) is 20.1. The molecule has 2 fully saturated rings. The highest BCUT2D eigenvalue weighted by atomic mass is 16.5. The van der Waals surface area contributed by atoms with Gasteiger partial charge in [-0.15, -0.1) is 0 Å². The van der Waals surface area contributed by atoms with E-state index in [0.29, 0.717) is 18.4 Å². The molecule has 3 rings (SSSR count). The molecule has 0 unspecified atom stereocenters. The molecule has 0 aliphatic carbocycles. The van der Waals surface area contributed by atoms with Crippen LogP contribution in [0.3, 0.4) is 0 Å². The van der Waals surface area contributed by atoms with Crippen molar-refractivity contribution in [2.75, 3.05) is 6.54 Å². The Hall–Kier alpha value is -5.02. The van der Waals surface area contributed by atoms with E-state index in [4.69, 9.17) is 4.74 Å². The van der Waals surface area contributed by atoms with E-state index in [2.05, 4.69) is 31.9 Å². The molecule has 316 valence electrons. The summed E-state index contributed by atoms with van der Waals surface area (Å²) in [7, 11) is 0. The SMILES string of the molecule is CCC(=O)N[C@H](C(=O)N[C@@H]1C(=O)N[C@H](Cc2ccccc2)C(=O)N2CCC[C@H]2C(=O)N[C@@H](C(C)C)C(=O)N[C@@H](C(C)C)C(=O)N[C@@H](C(C)C)C(=O)O[C@@H]1C)C(C)C. The average molecular weight is 798 g/mol. The second-order valence-electron chi connectivity index (χ2n) is 16.4. The number of fused-ring (bicyclic) bond motifs is 1. The van der Waals surface area contributed by atoms with Crippen LogP contribution >= 0.6 is 0 Å². The third-order valence-electron chi connectivity index (χ3n) is 10.4. The van der Waals surface area contributed by atoms with Crippen LogP contribution in [0.4, 0.5) is 0 Å². The predicted octanol–water partition coefficient (Wildman–Crippen LogP) is 1.11. The van der Waals surface area contributed by atoms with Crippen LogP contribution in [0.15, 0.2) is 30.3 Å². The fraction of sp³-hybridized carbons (Fsp3) is 0.659. The van der Waals surface area contributed by atoms with Crippen LogP contribution in [-0.4, -0.2) is 107 Å². The lowest BCUT2D eigenvalue weighted by Gasteiger charge is -2.32. The lowest BCUT2D eigenvalue weighted by atomic mass is 9.98. The number of nitrogens with zero attached hydrogens (tertiary/aromatic N) is 1.